The van der Waals surface area contributed by atoms with E-state index in [0.29, 0.717) is 11.6 Å². The highest BCUT2D eigenvalue weighted by molar-refractivity contribution is 5.94. The number of nitrogens with one attached hydrogen (secondary N) is 1. The van der Waals surface area contributed by atoms with Crippen molar-refractivity contribution in [1.82, 2.24) is 5.32 Å². The molecule has 3 heteroatoms. The van der Waals surface area contributed by atoms with Gasteiger partial charge in [-0.15, -0.1) is 0 Å². The predicted molar refractivity (Wildman–Crippen MR) is 59.4 cm³/mol. The van der Waals surface area contributed by atoms with Gasteiger partial charge in [-0.1, -0.05) is 24.6 Å². The standard InChI is InChI=1S/C12H16N2O/c13-12(15)11-7-2-1-4-9(11)8-14-10-5-3-6-10/h1-2,4,7,10,14H,3,5-6,8H2,(H2,13,15). The number of hydrogen-bond acceptors (Lipinski definition) is 2. The molecule has 0 saturated heterocycles. The van der Waals surface area contributed by atoms with Crippen molar-refractivity contribution in [2.75, 3.05) is 0 Å². The third-order valence-electron chi connectivity index (χ3n) is 2.97. The van der Waals surface area contributed by atoms with Crippen molar-refractivity contribution >= 4 is 5.91 Å². The molecule has 0 unspecified atom stereocenters. The van der Waals surface area contributed by atoms with Crippen LogP contribution >= 0.6 is 0 Å². The number of rotatable bonds is 4. The zero-order valence-electron chi connectivity index (χ0n) is 8.70. The van der Waals surface area contributed by atoms with Crippen LogP contribution in [-0.4, -0.2) is 11.9 Å². The number of carbonyl (C=O) groups excluding carboxylic acids is 1. The molecule has 3 N–H and O–H groups in total. The van der Waals surface area contributed by atoms with E-state index in [2.05, 4.69) is 5.32 Å². The summed E-state index contributed by atoms with van der Waals surface area (Å²) >= 11 is 0. The van der Waals surface area contributed by atoms with Crippen LogP contribution in [0.15, 0.2) is 24.3 Å². The third-order valence-corrected chi connectivity index (χ3v) is 2.97. The van der Waals surface area contributed by atoms with Crippen LogP contribution < -0.4 is 11.1 Å². The van der Waals surface area contributed by atoms with E-state index < -0.39 is 0 Å². The summed E-state index contributed by atoms with van der Waals surface area (Å²) in [4.78, 5) is 11.1. The lowest BCUT2D eigenvalue weighted by atomic mass is 9.93. The van der Waals surface area contributed by atoms with Gasteiger partial charge in [-0.2, -0.15) is 0 Å². The fourth-order valence-electron chi connectivity index (χ4n) is 1.78. The molecule has 0 bridgehead atoms. The molecule has 0 atom stereocenters. The summed E-state index contributed by atoms with van der Waals surface area (Å²) in [6.45, 7) is 0.740. The van der Waals surface area contributed by atoms with Gasteiger partial charge in [0.05, 0.1) is 0 Å². The first-order valence-corrected chi connectivity index (χ1v) is 5.38. The number of primary amides is 1. The van der Waals surface area contributed by atoms with Gasteiger partial charge in [-0.05, 0) is 24.5 Å². The molecular formula is C12H16N2O. The lowest BCUT2D eigenvalue weighted by Crippen LogP contribution is -2.35. The van der Waals surface area contributed by atoms with E-state index >= 15 is 0 Å². The lowest BCUT2D eigenvalue weighted by molar-refractivity contribution is 0.0999. The van der Waals surface area contributed by atoms with Gasteiger partial charge >= 0.3 is 0 Å². The zero-order valence-corrected chi connectivity index (χ0v) is 8.70. The van der Waals surface area contributed by atoms with E-state index in [0.717, 1.165) is 12.1 Å². The summed E-state index contributed by atoms with van der Waals surface area (Å²) in [7, 11) is 0. The van der Waals surface area contributed by atoms with Gasteiger partial charge in [0.25, 0.3) is 0 Å². The number of carbonyl (C=O) groups is 1. The molecule has 80 valence electrons. The summed E-state index contributed by atoms with van der Waals surface area (Å²) in [6, 6.07) is 8.13. The minimum atomic E-state index is -0.346. The average molecular weight is 204 g/mol. The molecule has 0 aromatic heterocycles. The third kappa shape index (κ3) is 2.36. The number of nitrogens with two attached hydrogens (primary N) is 1. The maximum atomic E-state index is 11.1. The van der Waals surface area contributed by atoms with Gasteiger partial charge in [0, 0.05) is 18.2 Å². The first-order valence-electron chi connectivity index (χ1n) is 5.38. The predicted octanol–water partition coefficient (Wildman–Crippen LogP) is 1.43. The molecule has 1 amide bonds. The van der Waals surface area contributed by atoms with Gasteiger partial charge in [0.15, 0.2) is 0 Å². The average Bonchev–Trinajstić information content (AvgIpc) is 2.16. The highest BCUT2D eigenvalue weighted by Crippen LogP contribution is 2.19. The minimum Gasteiger partial charge on any atom is -0.366 e. The Hall–Kier alpha value is -1.35. The molecule has 15 heavy (non-hydrogen) atoms. The van der Waals surface area contributed by atoms with Crippen molar-refractivity contribution in [3.63, 3.8) is 0 Å². The van der Waals surface area contributed by atoms with Crippen LogP contribution in [0.2, 0.25) is 0 Å². The molecule has 1 aliphatic rings. The first kappa shape index (κ1) is 10.2. The van der Waals surface area contributed by atoms with Crippen LogP contribution in [0, 0.1) is 0 Å². The molecule has 1 fully saturated rings. The summed E-state index contributed by atoms with van der Waals surface area (Å²) in [5.41, 5.74) is 6.93. The molecule has 1 aromatic rings. The van der Waals surface area contributed by atoms with Gasteiger partial charge in [0.2, 0.25) is 5.91 Å². The van der Waals surface area contributed by atoms with Crippen molar-refractivity contribution in [2.45, 2.75) is 31.8 Å². The number of hydrogen-bond donors (Lipinski definition) is 2. The molecule has 0 spiro atoms. The molecule has 0 radical (unpaired) electrons. The van der Waals surface area contributed by atoms with Crippen molar-refractivity contribution in [1.29, 1.82) is 0 Å². The normalized spacial score (nSPS) is 16.0. The molecule has 2 rings (SSSR count). The van der Waals surface area contributed by atoms with Crippen LogP contribution in [0.1, 0.15) is 35.2 Å². The van der Waals surface area contributed by atoms with Crippen LogP contribution in [0.4, 0.5) is 0 Å². The molecule has 0 aliphatic heterocycles. The van der Waals surface area contributed by atoms with E-state index in [1.807, 2.05) is 18.2 Å². The summed E-state index contributed by atoms with van der Waals surface area (Å²) in [6.07, 6.45) is 3.81. The van der Waals surface area contributed by atoms with Crippen LogP contribution in [-0.2, 0) is 6.54 Å². The summed E-state index contributed by atoms with van der Waals surface area (Å²) < 4.78 is 0. The zero-order chi connectivity index (χ0) is 10.7. The Kier molecular flexibility index (Phi) is 3.02. The molecular weight excluding hydrogens is 188 g/mol. The fourth-order valence-corrected chi connectivity index (χ4v) is 1.78. The Bertz CT molecular complexity index is 358. The smallest absolute Gasteiger partial charge is 0.249 e. The molecule has 3 nitrogen and oxygen atoms in total. The Labute approximate surface area is 89.7 Å². The minimum absolute atomic E-state index is 0.346. The first-order chi connectivity index (χ1) is 7.27. The van der Waals surface area contributed by atoms with E-state index in [4.69, 9.17) is 5.73 Å². The van der Waals surface area contributed by atoms with Crippen LogP contribution in [0.25, 0.3) is 0 Å². The molecule has 0 heterocycles. The number of benzene rings is 1. The van der Waals surface area contributed by atoms with E-state index in [-0.39, 0.29) is 5.91 Å². The molecule has 1 aliphatic carbocycles. The second kappa shape index (κ2) is 4.45. The largest absolute Gasteiger partial charge is 0.366 e. The second-order valence-corrected chi connectivity index (χ2v) is 4.03. The van der Waals surface area contributed by atoms with Gasteiger partial charge in [-0.3, -0.25) is 4.79 Å². The van der Waals surface area contributed by atoms with Crippen molar-refractivity contribution < 1.29 is 4.79 Å². The van der Waals surface area contributed by atoms with E-state index in [1.54, 1.807) is 6.07 Å². The Morgan fingerprint density at radius 2 is 2.13 bits per heavy atom. The molecule has 1 aromatic carbocycles. The Morgan fingerprint density at radius 3 is 2.73 bits per heavy atom. The van der Waals surface area contributed by atoms with E-state index in [1.165, 1.54) is 19.3 Å². The fraction of sp³-hybridized carbons (Fsp3) is 0.417. The molecule has 1 saturated carbocycles. The summed E-state index contributed by atoms with van der Waals surface area (Å²) in [5, 5.41) is 3.42. The maximum absolute atomic E-state index is 11.1. The maximum Gasteiger partial charge on any atom is 0.249 e. The van der Waals surface area contributed by atoms with Crippen LogP contribution in [0.5, 0.6) is 0 Å². The van der Waals surface area contributed by atoms with Crippen molar-refractivity contribution in [3.05, 3.63) is 35.4 Å². The van der Waals surface area contributed by atoms with Crippen molar-refractivity contribution in [3.8, 4) is 0 Å². The second-order valence-electron chi connectivity index (χ2n) is 4.03. The van der Waals surface area contributed by atoms with Gasteiger partial charge < -0.3 is 11.1 Å². The van der Waals surface area contributed by atoms with Crippen molar-refractivity contribution in [2.24, 2.45) is 5.73 Å². The Balaban J connectivity index is 2.02. The quantitative estimate of drug-likeness (QED) is 0.779. The van der Waals surface area contributed by atoms with Gasteiger partial charge in [0.1, 0.15) is 0 Å². The van der Waals surface area contributed by atoms with Gasteiger partial charge in [-0.25, -0.2) is 0 Å². The Morgan fingerprint density at radius 1 is 1.40 bits per heavy atom. The highest BCUT2D eigenvalue weighted by atomic mass is 16.1. The van der Waals surface area contributed by atoms with E-state index in [9.17, 15) is 4.79 Å². The highest BCUT2D eigenvalue weighted by Gasteiger charge is 2.17. The SMILES string of the molecule is NC(=O)c1ccccc1CNC1CCC1. The monoisotopic (exact) mass is 204 g/mol. The lowest BCUT2D eigenvalue weighted by Gasteiger charge is -2.26. The number of amides is 1. The topological polar surface area (TPSA) is 55.1 Å². The summed E-state index contributed by atoms with van der Waals surface area (Å²) in [5.74, 6) is -0.346. The van der Waals surface area contributed by atoms with Crippen LogP contribution in [0.3, 0.4) is 0 Å².